The van der Waals surface area contributed by atoms with Crippen LogP contribution in [0.1, 0.15) is 30.5 Å². The zero-order valence-corrected chi connectivity index (χ0v) is 9.74. The first-order valence-corrected chi connectivity index (χ1v) is 5.73. The molecule has 1 aromatic carbocycles. The Morgan fingerprint density at radius 1 is 1.50 bits per heavy atom. The molecule has 2 nitrogen and oxygen atoms in total. The van der Waals surface area contributed by atoms with Crippen molar-refractivity contribution in [3.8, 4) is 0 Å². The highest BCUT2D eigenvalue weighted by atomic mass is 19.1. The number of nitrogens with two attached hydrogens (primary N) is 1. The van der Waals surface area contributed by atoms with Crippen LogP contribution in [-0.2, 0) is 4.74 Å². The van der Waals surface area contributed by atoms with Crippen LogP contribution in [0.25, 0.3) is 0 Å². The Morgan fingerprint density at radius 3 is 2.81 bits per heavy atom. The van der Waals surface area contributed by atoms with E-state index in [4.69, 9.17) is 10.5 Å². The smallest absolute Gasteiger partial charge is 0.126 e. The number of benzene rings is 1. The van der Waals surface area contributed by atoms with Crippen LogP contribution in [0, 0.1) is 18.7 Å². The molecule has 0 radical (unpaired) electrons. The SMILES string of the molecule is Cc1ccc(C(N)C2CCOC2C)cc1F. The van der Waals surface area contributed by atoms with Gasteiger partial charge < -0.3 is 10.5 Å². The van der Waals surface area contributed by atoms with Crippen molar-refractivity contribution in [1.82, 2.24) is 0 Å². The lowest BCUT2D eigenvalue weighted by Crippen LogP contribution is -2.26. The van der Waals surface area contributed by atoms with E-state index in [1.807, 2.05) is 13.0 Å². The molecule has 0 bridgehead atoms. The summed E-state index contributed by atoms with van der Waals surface area (Å²) in [5.74, 6) is 0.113. The fourth-order valence-electron chi connectivity index (χ4n) is 2.28. The van der Waals surface area contributed by atoms with Crippen molar-refractivity contribution in [2.75, 3.05) is 6.61 Å². The molecule has 1 aliphatic heterocycles. The predicted molar refractivity (Wildman–Crippen MR) is 61.6 cm³/mol. The van der Waals surface area contributed by atoms with E-state index in [1.165, 1.54) is 0 Å². The molecular formula is C13H18FNO. The van der Waals surface area contributed by atoms with E-state index in [9.17, 15) is 4.39 Å². The normalized spacial score (nSPS) is 27.0. The van der Waals surface area contributed by atoms with Crippen LogP contribution in [0.4, 0.5) is 4.39 Å². The topological polar surface area (TPSA) is 35.2 Å². The third-order valence-corrected chi connectivity index (χ3v) is 3.48. The molecule has 2 N–H and O–H groups in total. The number of hydrogen-bond donors (Lipinski definition) is 1. The Balaban J connectivity index is 2.20. The van der Waals surface area contributed by atoms with Gasteiger partial charge in [0.25, 0.3) is 0 Å². The monoisotopic (exact) mass is 223 g/mol. The minimum absolute atomic E-state index is 0.132. The highest BCUT2D eigenvalue weighted by Gasteiger charge is 2.30. The Labute approximate surface area is 95.6 Å². The van der Waals surface area contributed by atoms with Gasteiger partial charge in [-0.2, -0.15) is 0 Å². The first kappa shape index (κ1) is 11.6. The summed E-state index contributed by atoms with van der Waals surface area (Å²) in [5, 5.41) is 0. The minimum atomic E-state index is -0.181. The van der Waals surface area contributed by atoms with Crippen LogP contribution in [0.2, 0.25) is 0 Å². The second-order valence-corrected chi connectivity index (χ2v) is 4.56. The van der Waals surface area contributed by atoms with E-state index >= 15 is 0 Å². The summed E-state index contributed by atoms with van der Waals surface area (Å²) in [4.78, 5) is 0. The molecule has 1 aromatic rings. The third-order valence-electron chi connectivity index (χ3n) is 3.48. The van der Waals surface area contributed by atoms with Gasteiger partial charge in [0.15, 0.2) is 0 Å². The zero-order valence-electron chi connectivity index (χ0n) is 9.74. The van der Waals surface area contributed by atoms with Gasteiger partial charge in [0, 0.05) is 18.6 Å². The molecule has 3 heteroatoms. The molecule has 0 saturated carbocycles. The number of rotatable bonds is 2. The van der Waals surface area contributed by atoms with Crippen molar-refractivity contribution in [2.45, 2.75) is 32.4 Å². The van der Waals surface area contributed by atoms with Crippen LogP contribution >= 0.6 is 0 Å². The molecule has 1 fully saturated rings. The second-order valence-electron chi connectivity index (χ2n) is 4.56. The van der Waals surface area contributed by atoms with E-state index in [1.54, 1.807) is 19.1 Å². The minimum Gasteiger partial charge on any atom is -0.378 e. The van der Waals surface area contributed by atoms with Gasteiger partial charge in [0.05, 0.1) is 6.10 Å². The van der Waals surface area contributed by atoms with Gasteiger partial charge in [-0.05, 0) is 37.5 Å². The Bertz CT molecular complexity index is 380. The molecule has 88 valence electrons. The molecule has 16 heavy (non-hydrogen) atoms. The molecule has 1 aliphatic rings. The molecule has 0 spiro atoms. The molecule has 0 amide bonds. The van der Waals surface area contributed by atoms with Crippen LogP contribution in [0.3, 0.4) is 0 Å². The molecule has 1 heterocycles. The Kier molecular flexibility index (Phi) is 3.26. The Morgan fingerprint density at radius 2 is 2.25 bits per heavy atom. The van der Waals surface area contributed by atoms with E-state index in [-0.39, 0.29) is 18.0 Å². The first-order chi connectivity index (χ1) is 7.59. The number of ether oxygens (including phenoxy) is 1. The van der Waals surface area contributed by atoms with Crippen molar-refractivity contribution >= 4 is 0 Å². The maximum atomic E-state index is 13.4. The van der Waals surface area contributed by atoms with Gasteiger partial charge in [0.2, 0.25) is 0 Å². The molecular weight excluding hydrogens is 205 g/mol. The maximum Gasteiger partial charge on any atom is 0.126 e. The van der Waals surface area contributed by atoms with E-state index in [0.717, 1.165) is 18.6 Å². The third kappa shape index (κ3) is 2.11. The van der Waals surface area contributed by atoms with Crippen molar-refractivity contribution in [3.05, 3.63) is 35.1 Å². The van der Waals surface area contributed by atoms with Gasteiger partial charge >= 0.3 is 0 Å². The molecule has 3 atom stereocenters. The van der Waals surface area contributed by atoms with Crippen LogP contribution in [-0.4, -0.2) is 12.7 Å². The lowest BCUT2D eigenvalue weighted by atomic mass is 9.89. The van der Waals surface area contributed by atoms with Gasteiger partial charge in [-0.3, -0.25) is 0 Å². The molecule has 3 unspecified atom stereocenters. The lowest BCUT2D eigenvalue weighted by Gasteiger charge is -2.22. The molecule has 0 aliphatic carbocycles. The maximum absolute atomic E-state index is 13.4. The quantitative estimate of drug-likeness (QED) is 0.836. The standard InChI is InChI=1S/C13H18FNO/c1-8-3-4-10(7-12(8)14)13(15)11-5-6-16-9(11)2/h3-4,7,9,11,13H,5-6,15H2,1-2H3. The number of hydrogen-bond acceptors (Lipinski definition) is 2. The zero-order chi connectivity index (χ0) is 11.7. The summed E-state index contributed by atoms with van der Waals surface area (Å²) in [7, 11) is 0. The average molecular weight is 223 g/mol. The molecule has 2 rings (SSSR count). The van der Waals surface area contributed by atoms with Crippen molar-refractivity contribution < 1.29 is 9.13 Å². The Hall–Kier alpha value is -0.930. The first-order valence-electron chi connectivity index (χ1n) is 5.73. The van der Waals surface area contributed by atoms with Crippen LogP contribution in [0.15, 0.2) is 18.2 Å². The van der Waals surface area contributed by atoms with Gasteiger partial charge in [0.1, 0.15) is 5.82 Å². The lowest BCUT2D eigenvalue weighted by molar-refractivity contribution is 0.0994. The summed E-state index contributed by atoms with van der Waals surface area (Å²) in [6, 6.07) is 5.11. The summed E-state index contributed by atoms with van der Waals surface area (Å²) in [6.45, 7) is 4.54. The van der Waals surface area contributed by atoms with Crippen molar-refractivity contribution in [1.29, 1.82) is 0 Å². The summed E-state index contributed by atoms with van der Waals surface area (Å²) in [5.41, 5.74) is 7.69. The van der Waals surface area contributed by atoms with Crippen LogP contribution in [0.5, 0.6) is 0 Å². The summed E-state index contributed by atoms with van der Waals surface area (Å²) in [6.07, 6.45) is 1.12. The van der Waals surface area contributed by atoms with E-state index in [0.29, 0.717) is 11.5 Å². The average Bonchev–Trinajstić information content (AvgIpc) is 2.67. The van der Waals surface area contributed by atoms with Crippen molar-refractivity contribution in [3.63, 3.8) is 0 Å². The molecule has 1 saturated heterocycles. The summed E-state index contributed by atoms with van der Waals surface area (Å²) >= 11 is 0. The fourth-order valence-corrected chi connectivity index (χ4v) is 2.28. The highest BCUT2D eigenvalue weighted by molar-refractivity contribution is 5.26. The van der Waals surface area contributed by atoms with Gasteiger partial charge in [-0.15, -0.1) is 0 Å². The highest BCUT2D eigenvalue weighted by Crippen LogP contribution is 2.31. The largest absolute Gasteiger partial charge is 0.378 e. The summed E-state index contributed by atoms with van der Waals surface area (Å²) < 4.78 is 18.9. The van der Waals surface area contributed by atoms with Crippen LogP contribution < -0.4 is 5.73 Å². The second kappa shape index (κ2) is 4.52. The number of halogens is 1. The van der Waals surface area contributed by atoms with E-state index < -0.39 is 0 Å². The van der Waals surface area contributed by atoms with Gasteiger partial charge in [-0.25, -0.2) is 4.39 Å². The van der Waals surface area contributed by atoms with Crippen molar-refractivity contribution in [2.24, 2.45) is 11.7 Å². The number of aryl methyl sites for hydroxylation is 1. The molecule has 0 aromatic heterocycles. The predicted octanol–water partition coefficient (Wildman–Crippen LogP) is 2.56. The van der Waals surface area contributed by atoms with E-state index in [2.05, 4.69) is 0 Å². The van der Waals surface area contributed by atoms with Gasteiger partial charge in [-0.1, -0.05) is 12.1 Å². The fraction of sp³-hybridized carbons (Fsp3) is 0.538.